The van der Waals surface area contributed by atoms with Crippen LogP contribution in [0.15, 0.2) is 6.07 Å². The molecule has 1 aliphatic carbocycles. The van der Waals surface area contributed by atoms with Gasteiger partial charge in [-0.2, -0.15) is 5.26 Å². The molecule has 1 aromatic heterocycles. The third-order valence-corrected chi connectivity index (χ3v) is 5.73. The minimum atomic E-state index is 0.476. The van der Waals surface area contributed by atoms with E-state index in [1.165, 1.54) is 36.9 Å². The van der Waals surface area contributed by atoms with Crippen molar-refractivity contribution < 1.29 is 4.74 Å². The molecule has 4 rings (SSSR count). The maximum atomic E-state index is 9.54. The first-order valence-corrected chi connectivity index (χ1v) is 9.14. The summed E-state index contributed by atoms with van der Waals surface area (Å²) in [6.07, 6.45) is 9.85. The van der Waals surface area contributed by atoms with E-state index < -0.39 is 0 Å². The molecule has 3 aliphatic rings. The summed E-state index contributed by atoms with van der Waals surface area (Å²) in [5, 5.41) is 9.54. The zero-order valence-corrected chi connectivity index (χ0v) is 13.8. The summed E-state index contributed by atoms with van der Waals surface area (Å²) in [4.78, 5) is 7.23. The van der Waals surface area contributed by atoms with Gasteiger partial charge in [0.15, 0.2) is 0 Å². The van der Waals surface area contributed by atoms with E-state index in [4.69, 9.17) is 9.72 Å². The van der Waals surface area contributed by atoms with Crippen molar-refractivity contribution in [3.8, 4) is 6.07 Å². The summed E-state index contributed by atoms with van der Waals surface area (Å²) in [6.45, 7) is 2.95. The number of aryl methyl sites for hydroxylation is 2. The lowest BCUT2D eigenvalue weighted by molar-refractivity contribution is 0.0531. The highest BCUT2D eigenvalue weighted by atomic mass is 16.5. The monoisotopic (exact) mass is 311 g/mol. The van der Waals surface area contributed by atoms with Gasteiger partial charge in [-0.05, 0) is 68.9 Å². The van der Waals surface area contributed by atoms with Crippen molar-refractivity contribution in [1.29, 1.82) is 5.26 Å². The molecule has 1 atom stereocenters. The molecule has 4 nitrogen and oxygen atoms in total. The van der Waals surface area contributed by atoms with Gasteiger partial charge < -0.3 is 9.64 Å². The van der Waals surface area contributed by atoms with E-state index in [0.29, 0.717) is 12.0 Å². The molecular formula is C19H25N3O. The Kier molecular flexibility index (Phi) is 4.22. The highest BCUT2D eigenvalue weighted by Crippen LogP contribution is 2.32. The molecule has 0 amide bonds. The number of pyridine rings is 1. The van der Waals surface area contributed by atoms with E-state index in [-0.39, 0.29) is 0 Å². The molecule has 4 heteroatoms. The van der Waals surface area contributed by atoms with Crippen LogP contribution in [0, 0.1) is 17.2 Å². The number of fused-ring (bicyclic) bond motifs is 1. The van der Waals surface area contributed by atoms with Crippen LogP contribution in [-0.2, 0) is 17.6 Å². The van der Waals surface area contributed by atoms with E-state index in [0.717, 1.165) is 56.8 Å². The molecule has 0 radical (unpaired) electrons. The van der Waals surface area contributed by atoms with Gasteiger partial charge in [-0.1, -0.05) is 0 Å². The van der Waals surface area contributed by atoms with E-state index in [2.05, 4.69) is 17.0 Å². The first-order chi connectivity index (χ1) is 11.3. The standard InChI is InChI=1S/C19H25N3O/c20-13-16-12-15-4-1-2-5-17(15)21-19(16)22-9-7-14(8-10-22)18-6-3-11-23-18/h12,14,18H,1-11H2. The number of ether oxygens (including phenoxy) is 1. The van der Waals surface area contributed by atoms with Gasteiger partial charge in [0.05, 0.1) is 11.7 Å². The highest BCUT2D eigenvalue weighted by molar-refractivity contribution is 5.56. The average Bonchev–Trinajstić information content (AvgIpc) is 3.15. The Balaban J connectivity index is 1.51. The molecule has 23 heavy (non-hydrogen) atoms. The smallest absolute Gasteiger partial charge is 0.146 e. The molecular weight excluding hydrogens is 286 g/mol. The zero-order chi connectivity index (χ0) is 15.6. The second-order valence-corrected chi connectivity index (χ2v) is 7.16. The van der Waals surface area contributed by atoms with E-state index in [1.54, 1.807) is 0 Å². The van der Waals surface area contributed by atoms with Crippen LogP contribution in [0.4, 0.5) is 5.82 Å². The van der Waals surface area contributed by atoms with E-state index >= 15 is 0 Å². The Morgan fingerprint density at radius 3 is 2.70 bits per heavy atom. The number of piperidine rings is 1. The summed E-state index contributed by atoms with van der Waals surface area (Å²) in [7, 11) is 0. The quantitative estimate of drug-likeness (QED) is 0.841. The van der Waals surface area contributed by atoms with Gasteiger partial charge in [0, 0.05) is 25.4 Å². The van der Waals surface area contributed by atoms with Crippen LogP contribution in [0.1, 0.15) is 55.3 Å². The number of hydrogen-bond donors (Lipinski definition) is 0. The Bertz CT molecular complexity index is 608. The minimum absolute atomic E-state index is 0.476. The fourth-order valence-corrected chi connectivity index (χ4v) is 4.40. The summed E-state index contributed by atoms with van der Waals surface area (Å²) in [5.41, 5.74) is 3.29. The van der Waals surface area contributed by atoms with Gasteiger partial charge in [-0.3, -0.25) is 0 Å². The van der Waals surface area contributed by atoms with Gasteiger partial charge >= 0.3 is 0 Å². The molecule has 0 saturated carbocycles. The van der Waals surface area contributed by atoms with Crippen LogP contribution in [0.3, 0.4) is 0 Å². The summed E-state index contributed by atoms with van der Waals surface area (Å²) in [6, 6.07) is 4.48. The van der Waals surface area contributed by atoms with Crippen molar-refractivity contribution in [1.82, 2.24) is 4.98 Å². The average molecular weight is 311 g/mol. The van der Waals surface area contributed by atoms with Gasteiger partial charge in [0.25, 0.3) is 0 Å². The summed E-state index contributed by atoms with van der Waals surface area (Å²) < 4.78 is 5.87. The van der Waals surface area contributed by atoms with Gasteiger partial charge in [0.2, 0.25) is 0 Å². The minimum Gasteiger partial charge on any atom is -0.378 e. The first-order valence-electron chi connectivity index (χ1n) is 9.14. The Morgan fingerprint density at radius 2 is 1.96 bits per heavy atom. The van der Waals surface area contributed by atoms with Crippen LogP contribution in [-0.4, -0.2) is 30.8 Å². The van der Waals surface area contributed by atoms with Crippen molar-refractivity contribution >= 4 is 5.82 Å². The molecule has 2 fully saturated rings. The number of nitrogens with zero attached hydrogens (tertiary/aromatic N) is 3. The zero-order valence-electron chi connectivity index (χ0n) is 13.8. The molecule has 122 valence electrons. The van der Waals surface area contributed by atoms with Crippen molar-refractivity contribution in [2.24, 2.45) is 5.92 Å². The molecule has 1 aromatic rings. The molecule has 0 bridgehead atoms. The first kappa shape index (κ1) is 15.0. The molecule has 2 aliphatic heterocycles. The second-order valence-electron chi connectivity index (χ2n) is 7.16. The highest BCUT2D eigenvalue weighted by Gasteiger charge is 2.30. The summed E-state index contributed by atoms with van der Waals surface area (Å²) in [5.74, 6) is 1.62. The Hall–Kier alpha value is -1.60. The molecule has 2 saturated heterocycles. The van der Waals surface area contributed by atoms with Crippen LogP contribution in [0.5, 0.6) is 0 Å². The fraction of sp³-hybridized carbons (Fsp3) is 0.684. The fourth-order valence-electron chi connectivity index (χ4n) is 4.40. The lowest BCUT2D eigenvalue weighted by Crippen LogP contribution is -2.38. The van der Waals surface area contributed by atoms with Gasteiger partial charge in [-0.15, -0.1) is 0 Å². The summed E-state index contributed by atoms with van der Waals surface area (Å²) >= 11 is 0. The topological polar surface area (TPSA) is 49.2 Å². The SMILES string of the molecule is N#Cc1cc2c(nc1N1CCC(C3CCCO3)CC1)CCCC2. The second kappa shape index (κ2) is 6.49. The lowest BCUT2D eigenvalue weighted by atomic mass is 9.89. The number of anilines is 1. The van der Waals surface area contributed by atoms with Crippen molar-refractivity contribution in [3.63, 3.8) is 0 Å². The molecule has 1 unspecified atom stereocenters. The van der Waals surface area contributed by atoms with Crippen LogP contribution in [0.2, 0.25) is 0 Å². The van der Waals surface area contributed by atoms with E-state index in [9.17, 15) is 5.26 Å². The Morgan fingerprint density at radius 1 is 1.13 bits per heavy atom. The predicted molar refractivity (Wildman–Crippen MR) is 89.5 cm³/mol. The number of rotatable bonds is 2. The lowest BCUT2D eigenvalue weighted by Gasteiger charge is -2.36. The van der Waals surface area contributed by atoms with Crippen molar-refractivity contribution in [2.45, 2.75) is 57.5 Å². The Labute approximate surface area is 138 Å². The van der Waals surface area contributed by atoms with Crippen molar-refractivity contribution in [2.75, 3.05) is 24.6 Å². The number of hydrogen-bond acceptors (Lipinski definition) is 4. The number of aromatic nitrogens is 1. The van der Waals surface area contributed by atoms with Gasteiger partial charge in [0.1, 0.15) is 11.9 Å². The molecule has 0 aromatic carbocycles. The third kappa shape index (κ3) is 2.95. The largest absolute Gasteiger partial charge is 0.378 e. The van der Waals surface area contributed by atoms with E-state index in [1.807, 2.05) is 0 Å². The van der Waals surface area contributed by atoms with Crippen molar-refractivity contribution in [3.05, 3.63) is 22.9 Å². The van der Waals surface area contributed by atoms with Crippen LogP contribution < -0.4 is 4.90 Å². The predicted octanol–water partition coefficient (Wildman–Crippen LogP) is 3.23. The maximum absolute atomic E-state index is 9.54. The molecule has 3 heterocycles. The third-order valence-electron chi connectivity index (χ3n) is 5.73. The molecule has 0 spiro atoms. The maximum Gasteiger partial charge on any atom is 0.146 e. The van der Waals surface area contributed by atoms with Gasteiger partial charge in [-0.25, -0.2) is 4.98 Å². The number of nitriles is 1. The molecule has 0 N–H and O–H groups in total. The van der Waals surface area contributed by atoms with Crippen LogP contribution in [0.25, 0.3) is 0 Å². The van der Waals surface area contributed by atoms with Crippen LogP contribution >= 0.6 is 0 Å². The normalized spacial score (nSPS) is 25.2.